The summed E-state index contributed by atoms with van der Waals surface area (Å²) >= 11 is 2.85. The molecule has 1 atom stereocenters. The van der Waals surface area contributed by atoms with E-state index in [1.54, 1.807) is 5.51 Å². The molecule has 1 aromatic carbocycles. The Bertz CT molecular complexity index is 624. The zero-order valence-electron chi connectivity index (χ0n) is 13.3. The Morgan fingerprint density at radius 3 is 3.08 bits per heavy atom. The summed E-state index contributed by atoms with van der Waals surface area (Å²) in [6, 6.07) is 10.4. The van der Waals surface area contributed by atoms with Gasteiger partial charge in [-0.05, 0) is 5.56 Å². The molecular formula is C16H20N4O2S2. The Morgan fingerprint density at radius 1 is 1.42 bits per heavy atom. The van der Waals surface area contributed by atoms with Crippen molar-refractivity contribution >= 4 is 29.0 Å². The summed E-state index contributed by atoms with van der Waals surface area (Å²) in [5, 5.41) is 10.6. The van der Waals surface area contributed by atoms with E-state index in [9.17, 15) is 4.79 Å². The van der Waals surface area contributed by atoms with Crippen LogP contribution >= 0.6 is 23.1 Å². The summed E-state index contributed by atoms with van der Waals surface area (Å²) in [7, 11) is 0. The monoisotopic (exact) mass is 364 g/mol. The van der Waals surface area contributed by atoms with Gasteiger partial charge in [0.1, 0.15) is 5.51 Å². The lowest BCUT2D eigenvalue weighted by molar-refractivity contribution is -0.119. The van der Waals surface area contributed by atoms with Crippen molar-refractivity contribution in [3.8, 4) is 0 Å². The number of aromatic nitrogens is 2. The van der Waals surface area contributed by atoms with E-state index in [1.165, 1.54) is 28.7 Å². The molecule has 3 rings (SSSR count). The molecule has 128 valence electrons. The molecule has 2 heterocycles. The fourth-order valence-corrected chi connectivity index (χ4v) is 3.84. The first-order chi connectivity index (χ1) is 11.8. The van der Waals surface area contributed by atoms with Gasteiger partial charge in [-0.25, -0.2) is 0 Å². The van der Waals surface area contributed by atoms with E-state index in [4.69, 9.17) is 4.74 Å². The van der Waals surface area contributed by atoms with Crippen LogP contribution in [0.4, 0.5) is 0 Å². The SMILES string of the molecule is O=C(CSc1nncs1)NC[C@@H]1CN(Cc2ccccc2)CCO1. The van der Waals surface area contributed by atoms with Gasteiger partial charge in [0.2, 0.25) is 5.91 Å². The van der Waals surface area contributed by atoms with Crippen molar-refractivity contribution in [1.29, 1.82) is 0 Å². The van der Waals surface area contributed by atoms with Crippen molar-refractivity contribution in [3.63, 3.8) is 0 Å². The maximum absolute atomic E-state index is 11.9. The highest BCUT2D eigenvalue weighted by Crippen LogP contribution is 2.18. The number of benzene rings is 1. The van der Waals surface area contributed by atoms with Crippen LogP contribution in [-0.2, 0) is 16.1 Å². The van der Waals surface area contributed by atoms with Crippen LogP contribution in [-0.4, -0.2) is 59.1 Å². The van der Waals surface area contributed by atoms with Crippen LogP contribution in [0.1, 0.15) is 5.56 Å². The van der Waals surface area contributed by atoms with E-state index in [1.807, 2.05) is 6.07 Å². The van der Waals surface area contributed by atoms with Crippen molar-refractivity contribution < 1.29 is 9.53 Å². The average Bonchev–Trinajstić information content (AvgIpc) is 3.13. The molecule has 0 radical (unpaired) electrons. The molecule has 0 spiro atoms. The number of rotatable bonds is 7. The molecule has 0 aliphatic carbocycles. The van der Waals surface area contributed by atoms with Gasteiger partial charge in [0.05, 0.1) is 18.5 Å². The third-order valence-corrected chi connectivity index (χ3v) is 5.53. The quantitative estimate of drug-likeness (QED) is 0.754. The van der Waals surface area contributed by atoms with Crippen LogP contribution in [0.25, 0.3) is 0 Å². The molecule has 1 amide bonds. The lowest BCUT2D eigenvalue weighted by atomic mass is 10.2. The summed E-state index contributed by atoms with van der Waals surface area (Å²) in [6.45, 7) is 3.92. The van der Waals surface area contributed by atoms with E-state index in [2.05, 4.69) is 44.7 Å². The van der Waals surface area contributed by atoms with Gasteiger partial charge in [-0.3, -0.25) is 9.69 Å². The molecule has 0 unspecified atom stereocenters. The van der Waals surface area contributed by atoms with Gasteiger partial charge < -0.3 is 10.1 Å². The minimum atomic E-state index is -0.000942. The van der Waals surface area contributed by atoms with Gasteiger partial charge in [0.25, 0.3) is 0 Å². The largest absolute Gasteiger partial charge is 0.374 e. The first-order valence-electron chi connectivity index (χ1n) is 7.83. The minimum Gasteiger partial charge on any atom is -0.374 e. The molecule has 24 heavy (non-hydrogen) atoms. The Morgan fingerprint density at radius 2 is 2.29 bits per heavy atom. The van der Waals surface area contributed by atoms with E-state index in [0.29, 0.717) is 18.9 Å². The Balaban J connectivity index is 1.38. The molecule has 1 aliphatic rings. The summed E-state index contributed by atoms with van der Waals surface area (Å²) in [5.74, 6) is 0.356. The number of carbonyl (C=O) groups excluding carboxylic acids is 1. The molecule has 1 aliphatic heterocycles. The third kappa shape index (κ3) is 5.55. The summed E-state index contributed by atoms with van der Waals surface area (Å²) in [4.78, 5) is 14.3. The normalized spacial score (nSPS) is 18.4. The van der Waals surface area contributed by atoms with Crippen molar-refractivity contribution in [2.75, 3.05) is 32.0 Å². The first kappa shape index (κ1) is 17.3. The first-order valence-corrected chi connectivity index (χ1v) is 9.69. The molecule has 0 bridgehead atoms. The van der Waals surface area contributed by atoms with E-state index < -0.39 is 0 Å². The number of amides is 1. The molecular weight excluding hydrogens is 344 g/mol. The highest BCUT2D eigenvalue weighted by molar-refractivity contribution is 8.01. The number of thioether (sulfide) groups is 1. The van der Waals surface area contributed by atoms with E-state index >= 15 is 0 Å². The zero-order valence-corrected chi connectivity index (χ0v) is 14.9. The molecule has 8 heteroatoms. The minimum absolute atomic E-state index is 0.000942. The standard InChI is InChI=1S/C16H20N4O2S2/c21-15(11-23-16-19-18-12-24-16)17-8-14-10-20(6-7-22-14)9-13-4-2-1-3-5-13/h1-5,12,14H,6-11H2,(H,17,21)/t14-/m1/s1. The lowest BCUT2D eigenvalue weighted by Crippen LogP contribution is -2.47. The molecule has 0 saturated carbocycles. The predicted molar refractivity (Wildman–Crippen MR) is 95.1 cm³/mol. The highest BCUT2D eigenvalue weighted by Gasteiger charge is 2.21. The molecule has 1 aromatic heterocycles. The van der Waals surface area contributed by atoms with Gasteiger partial charge in [-0.1, -0.05) is 53.4 Å². The summed E-state index contributed by atoms with van der Waals surface area (Å²) in [6.07, 6.45) is 0.0398. The second kappa shape index (κ2) is 9.12. The molecule has 6 nitrogen and oxygen atoms in total. The van der Waals surface area contributed by atoms with Crippen LogP contribution in [0.5, 0.6) is 0 Å². The van der Waals surface area contributed by atoms with Gasteiger partial charge in [0, 0.05) is 26.2 Å². The van der Waals surface area contributed by atoms with Gasteiger partial charge in [-0.2, -0.15) is 0 Å². The number of nitrogens with zero attached hydrogens (tertiary/aromatic N) is 3. The number of hydrogen-bond donors (Lipinski definition) is 1. The Kier molecular flexibility index (Phi) is 6.59. The second-order valence-electron chi connectivity index (χ2n) is 5.51. The van der Waals surface area contributed by atoms with Crippen LogP contribution in [0.2, 0.25) is 0 Å². The fraction of sp³-hybridized carbons (Fsp3) is 0.438. The highest BCUT2D eigenvalue weighted by atomic mass is 32.2. The number of carbonyl (C=O) groups is 1. The Hall–Kier alpha value is -1.48. The topological polar surface area (TPSA) is 67.4 Å². The summed E-state index contributed by atoms with van der Waals surface area (Å²) in [5.41, 5.74) is 2.97. The molecule has 1 fully saturated rings. The molecule has 1 N–H and O–H groups in total. The van der Waals surface area contributed by atoms with Crippen molar-refractivity contribution in [3.05, 3.63) is 41.4 Å². The Labute approximate surface area is 149 Å². The van der Waals surface area contributed by atoms with E-state index in [-0.39, 0.29) is 12.0 Å². The average molecular weight is 364 g/mol. The maximum Gasteiger partial charge on any atom is 0.230 e. The fourth-order valence-electron chi connectivity index (χ4n) is 2.52. The summed E-state index contributed by atoms with van der Waals surface area (Å²) < 4.78 is 6.58. The lowest BCUT2D eigenvalue weighted by Gasteiger charge is -2.33. The van der Waals surface area contributed by atoms with Gasteiger partial charge in [-0.15, -0.1) is 10.2 Å². The van der Waals surface area contributed by atoms with E-state index in [0.717, 1.165) is 24.0 Å². The number of ether oxygens (including phenoxy) is 1. The van der Waals surface area contributed by atoms with Crippen molar-refractivity contribution in [2.45, 2.75) is 17.0 Å². The maximum atomic E-state index is 11.9. The van der Waals surface area contributed by atoms with Crippen LogP contribution in [0, 0.1) is 0 Å². The van der Waals surface area contributed by atoms with Gasteiger partial charge in [0.15, 0.2) is 4.34 Å². The molecule has 2 aromatic rings. The van der Waals surface area contributed by atoms with Crippen molar-refractivity contribution in [2.24, 2.45) is 0 Å². The number of nitrogens with one attached hydrogen (secondary N) is 1. The van der Waals surface area contributed by atoms with Crippen LogP contribution in [0.15, 0.2) is 40.2 Å². The van der Waals surface area contributed by atoms with Crippen LogP contribution in [0.3, 0.4) is 0 Å². The van der Waals surface area contributed by atoms with Gasteiger partial charge >= 0.3 is 0 Å². The smallest absolute Gasteiger partial charge is 0.230 e. The number of hydrogen-bond acceptors (Lipinski definition) is 7. The predicted octanol–water partition coefficient (Wildman–Crippen LogP) is 1.65. The third-order valence-electron chi connectivity index (χ3n) is 3.67. The zero-order chi connectivity index (χ0) is 16.6. The van der Waals surface area contributed by atoms with Crippen molar-refractivity contribution in [1.82, 2.24) is 20.4 Å². The second-order valence-corrected chi connectivity index (χ2v) is 7.57. The number of morpholine rings is 1. The molecule has 1 saturated heterocycles. The van der Waals surface area contributed by atoms with Crippen LogP contribution < -0.4 is 5.32 Å².